The van der Waals surface area contributed by atoms with Crippen molar-refractivity contribution in [1.82, 2.24) is 15.0 Å². The molecule has 1 aromatic rings. The molecule has 3 rings (SSSR count). The highest BCUT2D eigenvalue weighted by atomic mass is 32.2. The van der Waals surface area contributed by atoms with E-state index in [1.807, 2.05) is 4.90 Å². The third kappa shape index (κ3) is 3.48. The number of nitrogens with zero attached hydrogens (tertiary/aromatic N) is 3. The van der Waals surface area contributed by atoms with Crippen LogP contribution in [0.15, 0.2) is 4.52 Å². The Morgan fingerprint density at radius 3 is 2.59 bits per heavy atom. The van der Waals surface area contributed by atoms with Gasteiger partial charge < -0.3 is 9.42 Å². The zero-order chi connectivity index (χ0) is 15.7. The van der Waals surface area contributed by atoms with Crippen LogP contribution in [0.4, 0.5) is 0 Å². The molecule has 2 aliphatic heterocycles. The minimum atomic E-state index is -2.91. The minimum Gasteiger partial charge on any atom is -0.343 e. The first-order valence-electron chi connectivity index (χ1n) is 7.71. The number of hydrogen-bond donors (Lipinski definition) is 0. The molecule has 1 aromatic heterocycles. The third-order valence-corrected chi connectivity index (χ3v) is 6.37. The van der Waals surface area contributed by atoms with Gasteiger partial charge in [-0.2, -0.15) is 4.98 Å². The van der Waals surface area contributed by atoms with E-state index in [-0.39, 0.29) is 29.2 Å². The molecule has 2 fully saturated rings. The summed E-state index contributed by atoms with van der Waals surface area (Å²) >= 11 is 0. The first-order valence-corrected chi connectivity index (χ1v) is 9.53. The van der Waals surface area contributed by atoms with Crippen molar-refractivity contribution < 1.29 is 17.7 Å². The smallest absolute Gasteiger partial charge is 0.229 e. The number of piperidine rings is 1. The summed E-state index contributed by atoms with van der Waals surface area (Å²) < 4.78 is 28.1. The third-order valence-electron chi connectivity index (χ3n) is 4.53. The van der Waals surface area contributed by atoms with Crippen molar-refractivity contribution in [2.45, 2.75) is 38.5 Å². The monoisotopic (exact) mass is 327 g/mol. The van der Waals surface area contributed by atoms with Gasteiger partial charge in [-0.1, -0.05) is 5.16 Å². The normalized spacial score (nSPS) is 25.5. The van der Waals surface area contributed by atoms with Gasteiger partial charge in [-0.05, 0) is 32.1 Å². The van der Waals surface area contributed by atoms with Gasteiger partial charge in [-0.3, -0.25) is 4.79 Å². The predicted octanol–water partition coefficient (Wildman–Crippen LogP) is 0.909. The number of likely N-dealkylation sites (tertiary alicyclic amines) is 1. The van der Waals surface area contributed by atoms with Crippen LogP contribution in [0.2, 0.25) is 0 Å². The Labute approximate surface area is 130 Å². The minimum absolute atomic E-state index is 0.00573. The van der Waals surface area contributed by atoms with Gasteiger partial charge in [-0.15, -0.1) is 0 Å². The van der Waals surface area contributed by atoms with Crippen LogP contribution in [-0.2, 0) is 14.6 Å². The molecular weight excluding hydrogens is 306 g/mol. The highest BCUT2D eigenvalue weighted by molar-refractivity contribution is 7.91. The van der Waals surface area contributed by atoms with Crippen LogP contribution >= 0.6 is 0 Å². The molecular formula is C14H21N3O4S. The zero-order valence-electron chi connectivity index (χ0n) is 12.7. The standard InChI is InChI=1S/C14H21N3O4S/c1-10-15-14(21-16-10)12-2-5-17(6-3-12)13(18)8-11-4-7-22(19,20)9-11/h11-12H,2-9H2,1H3/t11-/m1/s1. The molecule has 122 valence electrons. The van der Waals surface area contributed by atoms with E-state index < -0.39 is 9.84 Å². The second kappa shape index (κ2) is 5.98. The molecule has 1 amide bonds. The average Bonchev–Trinajstić information content (AvgIpc) is 3.05. The maximum atomic E-state index is 12.3. The number of carbonyl (C=O) groups excluding carboxylic acids is 1. The Kier molecular flexibility index (Phi) is 4.20. The molecule has 0 saturated carbocycles. The van der Waals surface area contributed by atoms with E-state index in [2.05, 4.69) is 10.1 Å². The SMILES string of the molecule is Cc1noc(C2CCN(C(=O)C[C@H]3CCS(=O)(=O)C3)CC2)n1. The van der Waals surface area contributed by atoms with Gasteiger partial charge in [0.1, 0.15) is 0 Å². The molecule has 2 aliphatic rings. The summed E-state index contributed by atoms with van der Waals surface area (Å²) in [5.41, 5.74) is 0. The Morgan fingerprint density at radius 1 is 1.32 bits per heavy atom. The van der Waals surface area contributed by atoms with Crippen LogP contribution in [0.5, 0.6) is 0 Å². The largest absolute Gasteiger partial charge is 0.343 e. The molecule has 0 unspecified atom stereocenters. The molecule has 1 atom stereocenters. The van der Waals surface area contributed by atoms with Gasteiger partial charge in [0.25, 0.3) is 0 Å². The van der Waals surface area contributed by atoms with Crippen molar-refractivity contribution in [2.75, 3.05) is 24.6 Å². The van der Waals surface area contributed by atoms with Gasteiger partial charge in [0.15, 0.2) is 15.7 Å². The number of hydrogen-bond acceptors (Lipinski definition) is 6. The fourth-order valence-electron chi connectivity index (χ4n) is 3.26. The molecule has 0 aromatic carbocycles. The molecule has 0 N–H and O–H groups in total. The van der Waals surface area contributed by atoms with Crippen LogP contribution in [0.3, 0.4) is 0 Å². The van der Waals surface area contributed by atoms with E-state index in [9.17, 15) is 13.2 Å². The predicted molar refractivity (Wildman–Crippen MR) is 79.0 cm³/mol. The Balaban J connectivity index is 1.50. The number of carbonyl (C=O) groups is 1. The quantitative estimate of drug-likeness (QED) is 0.819. The van der Waals surface area contributed by atoms with Gasteiger partial charge in [-0.25, -0.2) is 8.42 Å². The Morgan fingerprint density at radius 2 is 2.05 bits per heavy atom. The maximum absolute atomic E-state index is 12.3. The Bertz CT molecular complexity index is 647. The molecule has 0 aliphatic carbocycles. The van der Waals surface area contributed by atoms with Crippen molar-refractivity contribution in [1.29, 1.82) is 0 Å². The topological polar surface area (TPSA) is 93.4 Å². The van der Waals surface area contributed by atoms with Crippen molar-refractivity contribution in [3.63, 3.8) is 0 Å². The summed E-state index contributed by atoms with van der Waals surface area (Å²) in [5.74, 6) is 1.97. The van der Waals surface area contributed by atoms with Crippen LogP contribution in [0, 0.1) is 12.8 Å². The molecule has 0 radical (unpaired) electrons. The van der Waals surface area contributed by atoms with E-state index in [1.165, 1.54) is 0 Å². The lowest BCUT2D eigenvalue weighted by Crippen LogP contribution is -2.38. The second-order valence-electron chi connectivity index (χ2n) is 6.31. The molecule has 0 bridgehead atoms. The van der Waals surface area contributed by atoms with Gasteiger partial charge in [0.05, 0.1) is 11.5 Å². The summed E-state index contributed by atoms with van der Waals surface area (Å²) in [5, 5.41) is 3.80. The average molecular weight is 327 g/mol. The first-order chi connectivity index (χ1) is 10.4. The number of aryl methyl sites for hydroxylation is 1. The van der Waals surface area contributed by atoms with Crippen molar-refractivity contribution in [3.8, 4) is 0 Å². The fraction of sp³-hybridized carbons (Fsp3) is 0.786. The van der Waals surface area contributed by atoms with E-state index in [4.69, 9.17) is 4.52 Å². The lowest BCUT2D eigenvalue weighted by molar-refractivity contribution is -0.133. The van der Waals surface area contributed by atoms with Crippen molar-refractivity contribution >= 4 is 15.7 Å². The molecule has 22 heavy (non-hydrogen) atoms. The summed E-state index contributed by atoms with van der Waals surface area (Å²) in [6, 6.07) is 0. The van der Waals surface area contributed by atoms with Crippen LogP contribution in [0.25, 0.3) is 0 Å². The number of aromatic nitrogens is 2. The van der Waals surface area contributed by atoms with Gasteiger partial charge in [0, 0.05) is 25.4 Å². The maximum Gasteiger partial charge on any atom is 0.229 e. The van der Waals surface area contributed by atoms with E-state index in [1.54, 1.807) is 6.92 Å². The number of sulfone groups is 1. The second-order valence-corrected chi connectivity index (χ2v) is 8.54. The van der Waals surface area contributed by atoms with Crippen LogP contribution in [-0.4, -0.2) is 54.0 Å². The molecule has 3 heterocycles. The van der Waals surface area contributed by atoms with E-state index in [0.29, 0.717) is 37.6 Å². The van der Waals surface area contributed by atoms with Crippen LogP contribution < -0.4 is 0 Å². The zero-order valence-corrected chi connectivity index (χ0v) is 13.5. The summed E-state index contributed by atoms with van der Waals surface area (Å²) in [7, 11) is -2.91. The molecule has 0 spiro atoms. The lowest BCUT2D eigenvalue weighted by Gasteiger charge is -2.31. The summed E-state index contributed by atoms with van der Waals surface area (Å²) in [6.45, 7) is 3.14. The number of rotatable bonds is 3. The van der Waals surface area contributed by atoms with Gasteiger partial charge >= 0.3 is 0 Å². The number of amides is 1. The highest BCUT2D eigenvalue weighted by Gasteiger charge is 2.32. The molecule has 7 nitrogen and oxygen atoms in total. The van der Waals surface area contributed by atoms with Crippen LogP contribution in [0.1, 0.15) is 43.3 Å². The Hall–Kier alpha value is -1.44. The lowest BCUT2D eigenvalue weighted by atomic mass is 9.95. The highest BCUT2D eigenvalue weighted by Crippen LogP contribution is 2.28. The van der Waals surface area contributed by atoms with E-state index >= 15 is 0 Å². The first kappa shape index (κ1) is 15.5. The van der Waals surface area contributed by atoms with E-state index in [0.717, 1.165) is 12.8 Å². The fourth-order valence-corrected chi connectivity index (χ4v) is 5.13. The van der Waals surface area contributed by atoms with Crippen molar-refractivity contribution in [3.05, 3.63) is 11.7 Å². The molecule has 2 saturated heterocycles. The van der Waals surface area contributed by atoms with Gasteiger partial charge in [0.2, 0.25) is 11.8 Å². The summed E-state index contributed by atoms with van der Waals surface area (Å²) in [4.78, 5) is 18.4. The molecule has 8 heteroatoms. The van der Waals surface area contributed by atoms with Crippen molar-refractivity contribution in [2.24, 2.45) is 5.92 Å². The summed E-state index contributed by atoms with van der Waals surface area (Å²) in [6.07, 6.45) is 2.60.